The standard InChI is InChI=1S/C18H11NO2/c19-11-16-10-15(9-14-3-1-2-4-17(14)16)12-5-7-13(8-6-12)18(20)21/h1-10H,(H,20,21). The Kier molecular flexibility index (Phi) is 3.13. The summed E-state index contributed by atoms with van der Waals surface area (Å²) < 4.78 is 0. The quantitative estimate of drug-likeness (QED) is 0.765. The van der Waals surface area contributed by atoms with E-state index in [1.165, 1.54) is 0 Å². The van der Waals surface area contributed by atoms with Gasteiger partial charge in [0.05, 0.1) is 17.2 Å². The van der Waals surface area contributed by atoms with Gasteiger partial charge in [-0.2, -0.15) is 5.26 Å². The predicted molar refractivity (Wildman–Crippen MR) is 81.1 cm³/mol. The van der Waals surface area contributed by atoms with Crippen LogP contribution in [0.25, 0.3) is 21.9 Å². The number of nitrogens with zero attached hydrogens (tertiary/aromatic N) is 1. The van der Waals surface area contributed by atoms with Crippen molar-refractivity contribution in [3.63, 3.8) is 0 Å². The molecule has 0 aliphatic heterocycles. The summed E-state index contributed by atoms with van der Waals surface area (Å²) in [6.45, 7) is 0. The van der Waals surface area contributed by atoms with Crippen molar-refractivity contribution in [1.29, 1.82) is 5.26 Å². The van der Waals surface area contributed by atoms with Gasteiger partial charge in [-0.15, -0.1) is 0 Å². The van der Waals surface area contributed by atoms with Crippen LogP contribution in [0, 0.1) is 11.3 Å². The van der Waals surface area contributed by atoms with E-state index in [1.807, 2.05) is 36.4 Å². The first kappa shape index (κ1) is 12.9. The number of rotatable bonds is 2. The topological polar surface area (TPSA) is 61.1 Å². The molecule has 0 radical (unpaired) electrons. The normalized spacial score (nSPS) is 10.2. The summed E-state index contributed by atoms with van der Waals surface area (Å²) in [5.41, 5.74) is 2.66. The third-order valence-electron chi connectivity index (χ3n) is 3.45. The molecule has 3 nitrogen and oxygen atoms in total. The van der Waals surface area contributed by atoms with Crippen molar-refractivity contribution in [2.24, 2.45) is 0 Å². The SMILES string of the molecule is N#Cc1cc(-c2ccc(C(=O)O)cc2)cc2ccccc12. The molecule has 0 aliphatic rings. The van der Waals surface area contributed by atoms with E-state index in [9.17, 15) is 10.1 Å². The third kappa shape index (κ3) is 2.35. The third-order valence-corrected chi connectivity index (χ3v) is 3.45. The predicted octanol–water partition coefficient (Wildman–Crippen LogP) is 4.08. The van der Waals surface area contributed by atoms with Crippen LogP contribution < -0.4 is 0 Å². The molecule has 0 bridgehead atoms. The molecule has 0 saturated heterocycles. The molecule has 0 aromatic heterocycles. The number of carboxylic acid groups (broad SMARTS) is 1. The highest BCUT2D eigenvalue weighted by Crippen LogP contribution is 2.27. The second-order valence-corrected chi connectivity index (χ2v) is 4.74. The summed E-state index contributed by atoms with van der Waals surface area (Å²) in [4.78, 5) is 10.9. The fourth-order valence-corrected chi connectivity index (χ4v) is 2.38. The van der Waals surface area contributed by atoms with Gasteiger partial charge >= 0.3 is 5.97 Å². The van der Waals surface area contributed by atoms with Crippen molar-refractivity contribution in [3.8, 4) is 17.2 Å². The zero-order valence-corrected chi connectivity index (χ0v) is 11.1. The number of carbonyl (C=O) groups is 1. The Morgan fingerprint density at radius 1 is 0.952 bits per heavy atom. The number of aromatic carboxylic acids is 1. The lowest BCUT2D eigenvalue weighted by molar-refractivity contribution is 0.0697. The summed E-state index contributed by atoms with van der Waals surface area (Å²) >= 11 is 0. The Labute approximate surface area is 121 Å². The van der Waals surface area contributed by atoms with Crippen molar-refractivity contribution in [2.45, 2.75) is 0 Å². The molecule has 1 N–H and O–H groups in total. The van der Waals surface area contributed by atoms with Crippen LogP contribution in [0.15, 0.2) is 60.7 Å². The fraction of sp³-hybridized carbons (Fsp3) is 0. The highest BCUT2D eigenvalue weighted by atomic mass is 16.4. The van der Waals surface area contributed by atoms with E-state index in [-0.39, 0.29) is 5.56 Å². The lowest BCUT2D eigenvalue weighted by atomic mass is 9.97. The lowest BCUT2D eigenvalue weighted by Gasteiger charge is -2.06. The number of benzene rings is 3. The molecular formula is C18H11NO2. The van der Waals surface area contributed by atoms with Gasteiger partial charge < -0.3 is 5.11 Å². The van der Waals surface area contributed by atoms with Crippen LogP contribution in [-0.2, 0) is 0 Å². The molecular weight excluding hydrogens is 262 g/mol. The molecule has 100 valence electrons. The van der Waals surface area contributed by atoms with E-state index < -0.39 is 5.97 Å². The van der Waals surface area contributed by atoms with Crippen LogP contribution in [0.2, 0.25) is 0 Å². The Morgan fingerprint density at radius 3 is 2.33 bits per heavy atom. The van der Waals surface area contributed by atoms with E-state index >= 15 is 0 Å². The Morgan fingerprint density at radius 2 is 1.67 bits per heavy atom. The van der Waals surface area contributed by atoms with Gasteiger partial charge in [-0.05, 0) is 46.2 Å². The maximum absolute atomic E-state index is 10.9. The van der Waals surface area contributed by atoms with Crippen molar-refractivity contribution < 1.29 is 9.90 Å². The Balaban J connectivity index is 2.16. The molecule has 3 heteroatoms. The fourth-order valence-electron chi connectivity index (χ4n) is 2.38. The van der Waals surface area contributed by atoms with E-state index in [2.05, 4.69) is 6.07 Å². The van der Waals surface area contributed by atoms with Crippen molar-refractivity contribution >= 4 is 16.7 Å². The van der Waals surface area contributed by atoms with Crippen LogP contribution in [-0.4, -0.2) is 11.1 Å². The molecule has 0 amide bonds. The minimum absolute atomic E-state index is 0.250. The minimum Gasteiger partial charge on any atom is -0.478 e. The van der Waals surface area contributed by atoms with Crippen LogP contribution in [0.1, 0.15) is 15.9 Å². The average Bonchev–Trinajstić information content (AvgIpc) is 2.53. The van der Waals surface area contributed by atoms with Crippen molar-refractivity contribution in [2.75, 3.05) is 0 Å². The first-order valence-electron chi connectivity index (χ1n) is 6.45. The molecule has 3 aromatic carbocycles. The van der Waals surface area contributed by atoms with Gasteiger partial charge in [0.15, 0.2) is 0 Å². The second-order valence-electron chi connectivity index (χ2n) is 4.74. The number of hydrogen-bond donors (Lipinski definition) is 1. The van der Waals surface area contributed by atoms with Crippen molar-refractivity contribution in [3.05, 3.63) is 71.8 Å². The Bertz CT molecular complexity index is 874. The minimum atomic E-state index is -0.947. The van der Waals surface area contributed by atoms with Gasteiger partial charge in [0.1, 0.15) is 0 Å². The number of carboxylic acids is 1. The number of hydrogen-bond acceptors (Lipinski definition) is 2. The largest absolute Gasteiger partial charge is 0.478 e. The summed E-state index contributed by atoms with van der Waals surface area (Å²) in [6, 6.07) is 20.4. The smallest absolute Gasteiger partial charge is 0.335 e. The molecule has 0 unspecified atom stereocenters. The molecule has 0 saturated carbocycles. The zero-order chi connectivity index (χ0) is 14.8. The van der Waals surface area contributed by atoms with Gasteiger partial charge in [0.25, 0.3) is 0 Å². The summed E-state index contributed by atoms with van der Waals surface area (Å²) in [5, 5.41) is 20.1. The highest BCUT2D eigenvalue weighted by molar-refractivity contribution is 5.93. The van der Waals surface area contributed by atoms with E-state index in [1.54, 1.807) is 24.3 Å². The monoisotopic (exact) mass is 273 g/mol. The maximum Gasteiger partial charge on any atom is 0.335 e. The van der Waals surface area contributed by atoms with Crippen molar-refractivity contribution in [1.82, 2.24) is 0 Å². The van der Waals surface area contributed by atoms with Gasteiger partial charge in [-0.1, -0.05) is 36.4 Å². The van der Waals surface area contributed by atoms with Gasteiger partial charge in [-0.25, -0.2) is 4.79 Å². The van der Waals surface area contributed by atoms with Crippen LogP contribution in [0.5, 0.6) is 0 Å². The maximum atomic E-state index is 10.9. The van der Waals surface area contributed by atoms with E-state index in [0.29, 0.717) is 5.56 Å². The highest BCUT2D eigenvalue weighted by Gasteiger charge is 2.07. The number of fused-ring (bicyclic) bond motifs is 1. The second kappa shape index (κ2) is 5.10. The van der Waals surface area contributed by atoms with Crippen LogP contribution in [0.4, 0.5) is 0 Å². The van der Waals surface area contributed by atoms with Crippen LogP contribution in [0.3, 0.4) is 0 Å². The molecule has 21 heavy (non-hydrogen) atoms. The van der Waals surface area contributed by atoms with Gasteiger partial charge in [-0.3, -0.25) is 0 Å². The number of nitriles is 1. The average molecular weight is 273 g/mol. The summed E-state index contributed by atoms with van der Waals surface area (Å²) in [7, 11) is 0. The molecule has 0 aliphatic carbocycles. The summed E-state index contributed by atoms with van der Waals surface area (Å²) in [5.74, 6) is -0.947. The van der Waals surface area contributed by atoms with Gasteiger partial charge in [0, 0.05) is 0 Å². The molecule has 0 fully saturated rings. The molecule has 0 heterocycles. The molecule has 3 aromatic rings. The zero-order valence-electron chi connectivity index (χ0n) is 11.1. The molecule has 3 rings (SSSR count). The van der Waals surface area contributed by atoms with E-state index in [0.717, 1.165) is 21.9 Å². The van der Waals surface area contributed by atoms with Gasteiger partial charge in [0.2, 0.25) is 0 Å². The summed E-state index contributed by atoms with van der Waals surface area (Å²) in [6.07, 6.45) is 0. The Hall–Kier alpha value is -3.12. The lowest BCUT2D eigenvalue weighted by Crippen LogP contribution is -1.95. The first-order chi connectivity index (χ1) is 10.2. The molecule has 0 spiro atoms. The van der Waals surface area contributed by atoms with Crippen LogP contribution >= 0.6 is 0 Å². The first-order valence-corrected chi connectivity index (χ1v) is 6.45. The molecule has 0 atom stereocenters. The van der Waals surface area contributed by atoms with E-state index in [4.69, 9.17) is 5.11 Å².